The number of nitrogens with one attached hydrogen (secondary N) is 6. The lowest BCUT2D eigenvalue weighted by Gasteiger charge is -2.28. The van der Waals surface area contributed by atoms with Gasteiger partial charge in [-0.15, -0.1) is 0 Å². The predicted octanol–water partition coefficient (Wildman–Crippen LogP) is -3.48. The number of rotatable bonds is 22. The van der Waals surface area contributed by atoms with E-state index < -0.39 is 96.3 Å². The van der Waals surface area contributed by atoms with E-state index in [2.05, 4.69) is 36.6 Å². The molecule has 1 rings (SSSR count). The fraction of sp³-hybridized carbons (Fsp3) is 0.667. The number of aliphatic carboxylic acids is 1. The van der Waals surface area contributed by atoms with Gasteiger partial charge in [-0.05, 0) is 31.6 Å². The molecule has 8 atom stereocenters. The van der Waals surface area contributed by atoms with Gasteiger partial charge in [-0.1, -0.05) is 34.1 Å². The first kappa shape index (κ1) is 42.4. The number of carboxylic acids is 1. The zero-order chi connectivity index (χ0) is 37.4. The van der Waals surface area contributed by atoms with Crippen LogP contribution >= 0.6 is 0 Å². The number of hydrogen-bond donors (Lipinski definition) is 11. The highest BCUT2D eigenvalue weighted by Gasteiger charge is 2.35. The molecule has 49 heavy (non-hydrogen) atoms. The summed E-state index contributed by atoms with van der Waals surface area (Å²) in [4.78, 5) is 95.2. The first-order valence-electron chi connectivity index (χ1n) is 16.0. The average molecular weight is 698 g/mol. The summed E-state index contributed by atoms with van der Waals surface area (Å²) in [6.07, 6.45) is 1.37. The Hall–Kier alpha value is -4.62. The van der Waals surface area contributed by atoms with Gasteiger partial charge in [-0.3, -0.25) is 28.8 Å². The van der Waals surface area contributed by atoms with Crippen LogP contribution in [0.3, 0.4) is 0 Å². The standard InChI is InChI=1S/C30H51N9O10/c1-6-15(4)23(30(48)49)38-28(46)21(12-40)37-29(47)24(16(5)41)39-27(45)20(10-17-11-33-13-34-17)36-26(44)19(9-14(2)3)35-25(43)18(31)7-8-22(32)42/h11,13-16,18-21,23-24,40-41H,6-10,12,31H2,1-5H3,(H2,32,42)(H,33,34)(H,35,43)(H,36,44)(H,37,47)(H,38,46)(H,39,45)(H,48,49)/t15-,16+,18-,19-,20-,21-,23-,24-/m0/s1. The molecule has 1 aromatic rings. The van der Waals surface area contributed by atoms with Crippen molar-refractivity contribution in [2.45, 2.75) is 109 Å². The molecule has 6 amide bonds. The smallest absolute Gasteiger partial charge is 0.326 e. The molecule has 0 aliphatic carbocycles. The number of imidazole rings is 1. The molecule has 1 heterocycles. The summed E-state index contributed by atoms with van der Waals surface area (Å²) in [7, 11) is 0. The molecule has 19 nitrogen and oxygen atoms in total. The molecule has 0 spiro atoms. The van der Waals surface area contributed by atoms with Crippen molar-refractivity contribution in [1.29, 1.82) is 0 Å². The van der Waals surface area contributed by atoms with E-state index in [0.717, 1.165) is 0 Å². The van der Waals surface area contributed by atoms with E-state index in [4.69, 9.17) is 11.5 Å². The van der Waals surface area contributed by atoms with Gasteiger partial charge in [0, 0.05) is 24.7 Å². The number of amides is 6. The van der Waals surface area contributed by atoms with Crippen LogP contribution in [0.2, 0.25) is 0 Å². The highest BCUT2D eigenvalue weighted by Crippen LogP contribution is 2.10. The number of carbonyl (C=O) groups is 7. The van der Waals surface area contributed by atoms with Gasteiger partial charge in [0.05, 0.1) is 25.1 Å². The van der Waals surface area contributed by atoms with Crippen molar-refractivity contribution in [1.82, 2.24) is 36.6 Å². The van der Waals surface area contributed by atoms with Crippen molar-refractivity contribution in [2.24, 2.45) is 23.3 Å². The number of primary amides is 1. The van der Waals surface area contributed by atoms with Crippen molar-refractivity contribution < 1.29 is 48.9 Å². The SMILES string of the molecule is CC[C@H](C)[C@H](NC(=O)[C@H](CO)NC(=O)[C@@H](NC(=O)[C@H](Cc1cnc[nH]1)NC(=O)[C@H](CC(C)C)NC(=O)[C@@H](N)CCC(N)=O)[C@@H](C)O)C(=O)O. The number of nitrogens with two attached hydrogens (primary N) is 2. The second-order valence-corrected chi connectivity index (χ2v) is 12.3. The first-order valence-corrected chi connectivity index (χ1v) is 16.0. The van der Waals surface area contributed by atoms with Crippen LogP contribution < -0.4 is 38.1 Å². The Bertz CT molecular complexity index is 1270. The Balaban J connectivity index is 3.19. The van der Waals surface area contributed by atoms with Crippen molar-refractivity contribution in [3.63, 3.8) is 0 Å². The lowest BCUT2D eigenvalue weighted by atomic mass is 9.99. The summed E-state index contributed by atoms with van der Waals surface area (Å²) >= 11 is 0. The van der Waals surface area contributed by atoms with Crippen LogP contribution in [0.25, 0.3) is 0 Å². The summed E-state index contributed by atoms with van der Waals surface area (Å²) in [6.45, 7) is 7.17. The van der Waals surface area contributed by atoms with Crippen molar-refractivity contribution >= 4 is 41.4 Å². The highest BCUT2D eigenvalue weighted by atomic mass is 16.4. The number of aromatic nitrogens is 2. The van der Waals surface area contributed by atoms with Crippen molar-refractivity contribution in [3.8, 4) is 0 Å². The lowest BCUT2D eigenvalue weighted by molar-refractivity contribution is -0.144. The number of carboxylic acid groups (broad SMARTS) is 1. The second kappa shape index (κ2) is 20.7. The van der Waals surface area contributed by atoms with Crippen LogP contribution in [-0.2, 0) is 40.0 Å². The number of hydrogen-bond acceptors (Lipinski definition) is 11. The summed E-state index contributed by atoms with van der Waals surface area (Å²) in [5, 5.41) is 41.6. The Labute approximate surface area is 284 Å². The maximum absolute atomic E-state index is 13.6. The maximum atomic E-state index is 13.6. The molecule has 13 N–H and O–H groups in total. The van der Waals surface area contributed by atoms with Crippen LogP contribution in [0.1, 0.15) is 66.0 Å². The topological polar surface area (TPSA) is 321 Å². The third-order valence-corrected chi connectivity index (χ3v) is 7.65. The van der Waals surface area contributed by atoms with Gasteiger partial charge in [0.15, 0.2) is 0 Å². The van der Waals surface area contributed by atoms with Crippen LogP contribution in [0.5, 0.6) is 0 Å². The van der Waals surface area contributed by atoms with Gasteiger partial charge in [0.25, 0.3) is 0 Å². The number of nitrogens with zero attached hydrogens (tertiary/aromatic N) is 1. The van der Waals surface area contributed by atoms with E-state index in [1.54, 1.807) is 27.7 Å². The average Bonchev–Trinajstić information content (AvgIpc) is 3.54. The number of aromatic amines is 1. The minimum absolute atomic E-state index is 0.0539. The molecule has 0 aromatic carbocycles. The minimum Gasteiger partial charge on any atom is -0.480 e. The molecule has 0 saturated heterocycles. The van der Waals surface area contributed by atoms with Crippen molar-refractivity contribution in [3.05, 3.63) is 18.2 Å². The molecule has 0 fully saturated rings. The summed E-state index contributed by atoms with van der Waals surface area (Å²) in [5.74, 6) is -7.07. The van der Waals surface area contributed by atoms with Crippen LogP contribution in [0, 0.1) is 11.8 Å². The van der Waals surface area contributed by atoms with E-state index >= 15 is 0 Å². The van der Waals surface area contributed by atoms with E-state index in [1.807, 2.05) is 0 Å². The number of aliphatic hydroxyl groups excluding tert-OH is 2. The minimum atomic E-state index is -1.70. The van der Waals surface area contributed by atoms with Crippen LogP contribution in [-0.4, -0.2) is 116 Å². The Morgan fingerprint density at radius 3 is 1.88 bits per heavy atom. The molecule has 0 saturated carbocycles. The summed E-state index contributed by atoms with van der Waals surface area (Å²) in [5.41, 5.74) is 11.4. The summed E-state index contributed by atoms with van der Waals surface area (Å²) in [6, 6.07) is -8.33. The zero-order valence-corrected chi connectivity index (χ0v) is 28.4. The molecule has 0 bridgehead atoms. The Kier molecular flexibility index (Phi) is 17.9. The van der Waals surface area contributed by atoms with Gasteiger partial charge < -0.3 is 58.4 Å². The van der Waals surface area contributed by atoms with Gasteiger partial charge in [-0.25, -0.2) is 9.78 Å². The molecule has 0 radical (unpaired) electrons. The normalized spacial score (nSPS) is 16.1. The molecule has 0 unspecified atom stereocenters. The molecule has 276 valence electrons. The zero-order valence-electron chi connectivity index (χ0n) is 28.4. The van der Waals surface area contributed by atoms with Gasteiger partial charge in [0.1, 0.15) is 30.2 Å². The fourth-order valence-electron chi connectivity index (χ4n) is 4.56. The lowest BCUT2D eigenvalue weighted by Crippen LogP contribution is -2.62. The monoisotopic (exact) mass is 697 g/mol. The summed E-state index contributed by atoms with van der Waals surface area (Å²) < 4.78 is 0. The second-order valence-electron chi connectivity index (χ2n) is 12.3. The van der Waals surface area contributed by atoms with Crippen LogP contribution in [0.15, 0.2) is 12.5 Å². The molecule has 1 aromatic heterocycles. The third-order valence-electron chi connectivity index (χ3n) is 7.65. The van der Waals surface area contributed by atoms with Gasteiger partial charge >= 0.3 is 5.97 Å². The number of carbonyl (C=O) groups excluding carboxylic acids is 6. The molecule has 19 heteroatoms. The van der Waals surface area contributed by atoms with E-state index in [0.29, 0.717) is 12.1 Å². The molecule has 0 aliphatic rings. The Morgan fingerprint density at radius 1 is 0.837 bits per heavy atom. The van der Waals surface area contributed by atoms with Gasteiger partial charge in [0.2, 0.25) is 35.4 Å². The van der Waals surface area contributed by atoms with E-state index in [-0.39, 0.29) is 31.6 Å². The predicted molar refractivity (Wildman–Crippen MR) is 174 cm³/mol. The van der Waals surface area contributed by atoms with Crippen molar-refractivity contribution in [2.75, 3.05) is 6.61 Å². The highest BCUT2D eigenvalue weighted by molar-refractivity contribution is 5.96. The largest absolute Gasteiger partial charge is 0.480 e. The van der Waals surface area contributed by atoms with E-state index in [9.17, 15) is 48.9 Å². The fourth-order valence-corrected chi connectivity index (χ4v) is 4.56. The number of H-pyrrole nitrogens is 1. The third kappa shape index (κ3) is 14.6. The van der Waals surface area contributed by atoms with Crippen LogP contribution in [0.4, 0.5) is 0 Å². The first-order chi connectivity index (χ1) is 22.9. The maximum Gasteiger partial charge on any atom is 0.326 e. The molecular weight excluding hydrogens is 646 g/mol. The quantitative estimate of drug-likeness (QED) is 0.0563. The van der Waals surface area contributed by atoms with Gasteiger partial charge in [-0.2, -0.15) is 0 Å². The molecule has 0 aliphatic heterocycles. The van der Waals surface area contributed by atoms with E-state index in [1.165, 1.54) is 19.4 Å². The molecular formula is C30H51N9O10. The Morgan fingerprint density at radius 2 is 1.39 bits per heavy atom. The number of aliphatic hydroxyl groups is 2.